The first-order valence-corrected chi connectivity index (χ1v) is 5.30. The van der Waals surface area contributed by atoms with Gasteiger partial charge in [-0.1, -0.05) is 18.2 Å². The quantitative estimate of drug-likeness (QED) is 0.638. The fourth-order valence-corrected chi connectivity index (χ4v) is 1.65. The third-order valence-corrected chi connectivity index (χ3v) is 2.56. The Morgan fingerprint density at radius 1 is 1.47 bits per heavy atom. The average Bonchev–Trinajstić information content (AvgIpc) is 2.37. The Bertz CT molecular complexity index is 598. The first kappa shape index (κ1) is 11.3. The Kier molecular flexibility index (Phi) is 3.17. The highest BCUT2D eigenvalue weighted by Gasteiger charge is 2.14. The number of terminal acetylenes is 1. The molecule has 1 unspecified atom stereocenters. The van der Waals surface area contributed by atoms with Crippen LogP contribution in [-0.2, 0) is 0 Å². The fourth-order valence-electron chi connectivity index (χ4n) is 1.65. The van der Waals surface area contributed by atoms with E-state index in [-0.39, 0.29) is 12.2 Å². The van der Waals surface area contributed by atoms with Gasteiger partial charge in [-0.15, -0.1) is 12.3 Å². The van der Waals surface area contributed by atoms with E-state index in [0.717, 1.165) is 10.9 Å². The molecule has 1 heterocycles. The van der Waals surface area contributed by atoms with Gasteiger partial charge in [-0.2, -0.15) is 0 Å². The molecule has 0 saturated carbocycles. The molecular formula is C14H12N2O. The lowest BCUT2D eigenvalue weighted by molar-refractivity contribution is 0.0963. The molecule has 3 nitrogen and oxygen atoms in total. The van der Waals surface area contributed by atoms with Crippen LogP contribution in [0.25, 0.3) is 10.9 Å². The van der Waals surface area contributed by atoms with Gasteiger partial charge >= 0.3 is 0 Å². The molecule has 17 heavy (non-hydrogen) atoms. The zero-order valence-electron chi connectivity index (χ0n) is 9.26. The molecular weight excluding hydrogens is 212 g/mol. The third kappa shape index (κ3) is 2.32. The molecule has 0 fully saturated rings. The first-order valence-electron chi connectivity index (χ1n) is 5.30. The Balaban J connectivity index is 2.37. The van der Waals surface area contributed by atoms with E-state index in [9.17, 15) is 4.79 Å². The van der Waals surface area contributed by atoms with Gasteiger partial charge < -0.3 is 5.73 Å². The number of nitrogens with zero attached hydrogens (tertiary/aromatic N) is 1. The summed E-state index contributed by atoms with van der Waals surface area (Å²) in [4.78, 5) is 16.1. The number of benzene rings is 1. The van der Waals surface area contributed by atoms with Crippen LogP contribution >= 0.6 is 0 Å². The summed E-state index contributed by atoms with van der Waals surface area (Å²) in [5.41, 5.74) is 7.03. The standard InChI is InChI=1S/C14H12N2O/c1-2-4-12(15)14(17)11-7-6-10-5-3-8-16-13(10)9-11/h1,3,5-9,12H,4,15H2. The van der Waals surface area contributed by atoms with Crippen LogP contribution in [0.2, 0.25) is 0 Å². The number of aromatic nitrogens is 1. The zero-order valence-corrected chi connectivity index (χ0v) is 9.26. The van der Waals surface area contributed by atoms with Gasteiger partial charge in [0.15, 0.2) is 5.78 Å². The van der Waals surface area contributed by atoms with Crippen LogP contribution in [0.15, 0.2) is 36.5 Å². The van der Waals surface area contributed by atoms with Crippen LogP contribution in [-0.4, -0.2) is 16.8 Å². The molecule has 1 aromatic carbocycles. The number of Topliss-reactive ketones (excluding diaryl/α,β-unsaturated/α-hetero) is 1. The maximum atomic E-state index is 11.9. The number of hydrogen-bond donors (Lipinski definition) is 1. The van der Waals surface area contributed by atoms with Crippen LogP contribution in [0, 0.1) is 12.3 Å². The lowest BCUT2D eigenvalue weighted by atomic mass is 10.0. The average molecular weight is 224 g/mol. The second-order valence-corrected chi connectivity index (χ2v) is 3.79. The van der Waals surface area contributed by atoms with Crippen molar-refractivity contribution in [2.75, 3.05) is 0 Å². The van der Waals surface area contributed by atoms with Gasteiger partial charge in [0.25, 0.3) is 0 Å². The number of rotatable bonds is 3. The van der Waals surface area contributed by atoms with Crippen molar-refractivity contribution in [2.45, 2.75) is 12.5 Å². The first-order chi connectivity index (χ1) is 8.22. The van der Waals surface area contributed by atoms with Gasteiger partial charge in [-0.25, -0.2) is 0 Å². The molecule has 2 aromatic rings. The van der Waals surface area contributed by atoms with Crippen molar-refractivity contribution in [3.05, 3.63) is 42.1 Å². The van der Waals surface area contributed by atoms with Crippen molar-refractivity contribution >= 4 is 16.7 Å². The van der Waals surface area contributed by atoms with E-state index in [4.69, 9.17) is 12.2 Å². The number of nitrogens with two attached hydrogens (primary N) is 1. The molecule has 0 radical (unpaired) electrons. The molecule has 0 aliphatic heterocycles. The number of carbonyl (C=O) groups is 1. The van der Waals surface area contributed by atoms with Gasteiger partial charge in [-0.3, -0.25) is 9.78 Å². The van der Waals surface area contributed by atoms with E-state index < -0.39 is 6.04 Å². The predicted molar refractivity (Wildman–Crippen MR) is 67.5 cm³/mol. The Morgan fingerprint density at radius 3 is 3.06 bits per heavy atom. The molecule has 3 heteroatoms. The van der Waals surface area contributed by atoms with Gasteiger partial charge in [0, 0.05) is 23.6 Å². The van der Waals surface area contributed by atoms with Crippen molar-refractivity contribution in [3.8, 4) is 12.3 Å². The van der Waals surface area contributed by atoms with Crippen molar-refractivity contribution in [1.82, 2.24) is 4.98 Å². The van der Waals surface area contributed by atoms with Crippen LogP contribution in [0.3, 0.4) is 0 Å². The molecule has 0 bridgehead atoms. The zero-order chi connectivity index (χ0) is 12.3. The summed E-state index contributed by atoms with van der Waals surface area (Å²) >= 11 is 0. The Morgan fingerprint density at radius 2 is 2.29 bits per heavy atom. The number of hydrogen-bond acceptors (Lipinski definition) is 3. The van der Waals surface area contributed by atoms with E-state index in [2.05, 4.69) is 10.9 Å². The summed E-state index contributed by atoms with van der Waals surface area (Å²) in [6.45, 7) is 0. The van der Waals surface area contributed by atoms with Gasteiger partial charge in [0.2, 0.25) is 0 Å². The van der Waals surface area contributed by atoms with E-state index in [0.29, 0.717) is 5.56 Å². The second-order valence-electron chi connectivity index (χ2n) is 3.79. The number of pyridine rings is 1. The molecule has 0 amide bonds. The SMILES string of the molecule is C#CCC(N)C(=O)c1ccc2cccnc2c1. The van der Waals surface area contributed by atoms with E-state index >= 15 is 0 Å². The summed E-state index contributed by atoms with van der Waals surface area (Å²) in [7, 11) is 0. The van der Waals surface area contributed by atoms with Crippen molar-refractivity contribution in [2.24, 2.45) is 5.73 Å². The molecule has 0 aliphatic carbocycles. The third-order valence-electron chi connectivity index (χ3n) is 2.56. The predicted octanol–water partition coefficient (Wildman–Crippen LogP) is 1.77. The highest BCUT2D eigenvalue weighted by molar-refractivity contribution is 6.02. The van der Waals surface area contributed by atoms with Crippen LogP contribution in [0.1, 0.15) is 16.8 Å². The molecule has 0 spiro atoms. The maximum absolute atomic E-state index is 11.9. The summed E-state index contributed by atoms with van der Waals surface area (Å²) in [6.07, 6.45) is 7.08. The fraction of sp³-hybridized carbons (Fsp3) is 0.143. The van der Waals surface area contributed by atoms with Crippen molar-refractivity contribution < 1.29 is 4.79 Å². The molecule has 2 N–H and O–H groups in total. The molecule has 2 rings (SSSR count). The maximum Gasteiger partial charge on any atom is 0.180 e. The number of carbonyl (C=O) groups excluding carboxylic acids is 1. The molecule has 0 aliphatic rings. The Labute approximate surface area is 99.7 Å². The highest BCUT2D eigenvalue weighted by atomic mass is 16.1. The van der Waals surface area contributed by atoms with Crippen LogP contribution in [0.4, 0.5) is 0 Å². The molecule has 1 aromatic heterocycles. The minimum absolute atomic E-state index is 0.143. The lowest BCUT2D eigenvalue weighted by Gasteiger charge is -2.07. The Hall–Kier alpha value is -2.18. The molecule has 0 saturated heterocycles. The summed E-state index contributed by atoms with van der Waals surface area (Å²) in [6, 6.07) is 8.52. The van der Waals surface area contributed by atoms with E-state index in [1.807, 2.05) is 18.2 Å². The molecule has 84 valence electrons. The monoisotopic (exact) mass is 224 g/mol. The molecule has 1 atom stereocenters. The summed E-state index contributed by atoms with van der Waals surface area (Å²) in [5, 5.41) is 0.995. The minimum Gasteiger partial charge on any atom is -0.320 e. The highest BCUT2D eigenvalue weighted by Crippen LogP contribution is 2.14. The van der Waals surface area contributed by atoms with Gasteiger partial charge in [0.05, 0.1) is 11.6 Å². The minimum atomic E-state index is -0.638. The van der Waals surface area contributed by atoms with Gasteiger partial charge in [0.1, 0.15) is 0 Å². The van der Waals surface area contributed by atoms with Crippen molar-refractivity contribution in [1.29, 1.82) is 0 Å². The van der Waals surface area contributed by atoms with E-state index in [1.54, 1.807) is 18.3 Å². The summed E-state index contributed by atoms with van der Waals surface area (Å²) < 4.78 is 0. The largest absolute Gasteiger partial charge is 0.320 e. The normalized spacial score (nSPS) is 12.0. The van der Waals surface area contributed by atoms with Crippen LogP contribution < -0.4 is 5.73 Å². The van der Waals surface area contributed by atoms with E-state index in [1.165, 1.54) is 0 Å². The van der Waals surface area contributed by atoms with Crippen LogP contribution in [0.5, 0.6) is 0 Å². The lowest BCUT2D eigenvalue weighted by Crippen LogP contribution is -2.29. The number of ketones is 1. The smallest absolute Gasteiger partial charge is 0.180 e. The topological polar surface area (TPSA) is 56.0 Å². The second kappa shape index (κ2) is 4.77. The summed E-state index contributed by atoms with van der Waals surface area (Å²) in [5.74, 6) is 2.25. The number of fused-ring (bicyclic) bond motifs is 1. The van der Waals surface area contributed by atoms with Gasteiger partial charge in [-0.05, 0) is 12.1 Å². The van der Waals surface area contributed by atoms with Crippen molar-refractivity contribution in [3.63, 3.8) is 0 Å².